The molecule has 0 aliphatic heterocycles. The lowest BCUT2D eigenvalue weighted by Gasteiger charge is -2.12. The first kappa shape index (κ1) is 23.3. The van der Waals surface area contributed by atoms with E-state index in [0.717, 1.165) is 0 Å². The highest BCUT2D eigenvalue weighted by Crippen LogP contribution is 2.37. The highest BCUT2D eigenvalue weighted by Gasteiger charge is 2.13. The molecule has 0 saturated heterocycles. The van der Waals surface area contributed by atoms with Gasteiger partial charge in [0, 0.05) is 23.4 Å². The van der Waals surface area contributed by atoms with Gasteiger partial charge in [-0.25, -0.2) is 5.43 Å². The minimum Gasteiger partial charge on any atom is -0.493 e. The summed E-state index contributed by atoms with van der Waals surface area (Å²) in [6.45, 7) is 0. The SMILES string of the molecule is COc1cc(/C=N/NC(=O)CCC(=O)Nc2ccc(Cl)cc2Cl)cc(OC)c1OC. The van der Waals surface area contributed by atoms with Crippen molar-refractivity contribution in [2.45, 2.75) is 12.8 Å². The summed E-state index contributed by atoms with van der Waals surface area (Å²) in [5, 5.41) is 7.29. The van der Waals surface area contributed by atoms with Crippen LogP contribution in [0, 0.1) is 0 Å². The van der Waals surface area contributed by atoms with Gasteiger partial charge < -0.3 is 19.5 Å². The van der Waals surface area contributed by atoms with Crippen LogP contribution >= 0.6 is 23.2 Å². The smallest absolute Gasteiger partial charge is 0.240 e. The van der Waals surface area contributed by atoms with E-state index in [9.17, 15) is 9.59 Å². The van der Waals surface area contributed by atoms with E-state index in [-0.39, 0.29) is 18.7 Å². The van der Waals surface area contributed by atoms with Crippen LogP contribution in [-0.2, 0) is 9.59 Å². The molecular formula is C20H21Cl2N3O5. The zero-order chi connectivity index (χ0) is 22.1. The van der Waals surface area contributed by atoms with Crippen LogP contribution in [0.3, 0.4) is 0 Å². The lowest BCUT2D eigenvalue weighted by atomic mass is 10.2. The first-order valence-electron chi connectivity index (χ1n) is 8.74. The van der Waals surface area contributed by atoms with Crippen LogP contribution in [0.4, 0.5) is 5.69 Å². The third kappa shape index (κ3) is 6.53. The van der Waals surface area contributed by atoms with Crippen molar-refractivity contribution >= 4 is 46.9 Å². The maximum Gasteiger partial charge on any atom is 0.240 e. The third-order valence-corrected chi connectivity index (χ3v) is 4.42. The van der Waals surface area contributed by atoms with Crippen molar-refractivity contribution < 1.29 is 23.8 Å². The Hall–Kier alpha value is -2.97. The predicted molar refractivity (Wildman–Crippen MR) is 116 cm³/mol. The summed E-state index contributed by atoms with van der Waals surface area (Å²) in [6, 6.07) is 8.07. The summed E-state index contributed by atoms with van der Waals surface area (Å²) in [5.41, 5.74) is 3.41. The van der Waals surface area contributed by atoms with Crippen molar-refractivity contribution in [1.82, 2.24) is 5.43 Å². The van der Waals surface area contributed by atoms with E-state index in [1.54, 1.807) is 24.3 Å². The number of carbonyl (C=O) groups is 2. The number of hydrazone groups is 1. The molecule has 30 heavy (non-hydrogen) atoms. The molecule has 0 heterocycles. The van der Waals surface area contributed by atoms with Gasteiger partial charge >= 0.3 is 0 Å². The average Bonchev–Trinajstić information content (AvgIpc) is 2.73. The molecule has 2 amide bonds. The molecule has 0 unspecified atom stereocenters. The number of amides is 2. The van der Waals surface area contributed by atoms with Gasteiger partial charge in [0.2, 0.25) is 17.6 Å². The Morgan fingerprint density at radius 2 is 1.60 bits per heavy atom. The molecule has 10 heteroatoms. The highest BCUT2D eigenvalue weighted by molar-refractivity contribution is 6.36. The van der Waals surface area contributed by atoms with Crippen LogP contribution < -0.4 is 25.0 Å². The fraction of sp³-hybridized carbons (Fsp3) is 0.250. The van der Waals surface area contributed by atoms with Gasteiger partial charge in [0.05, 0.1) is 38.3 Å². The lowest BCUT2D eigenvalue weighted by Crippen LogP contribution is -2.20. The molecule has 0 aromatic heterocycles. The number of methoxy groups -OCH3 is 3. The number of anilines is 1. The number of benzene rings is 2. The Bertz CT molecular complexity index is 925. The standard InChI is InChI=1S/C20H21Cl2N3O5/c1-28-16-8-12(9-17(29-2)20(16)30-3)11-23-25-19(27)7-6-18(26)24-15-5-4-13(21)10-14(15)22/h4-5,8-11H,6-7H2,1-3H3,(H,24,26)(H,25,27)/b23-11+. The molecular weight excluding hydrogens is 433 g/mol. The van der Waals surface area contributed by atoms with E-state index in [1.807, 2.05) is 0 Å². The van der Waals surface area contributed by atoms with Crippen LogP contribution in [0.2, 0.25) is 10.0 Å². The molecule has 0 radical (unpaired) electrons. The van der Waals surface area contributed by atoms with Gasteiger partial charge in [-0.2, -0.15) is 5.10 Å². The summed E-state index contributed by atoms with van der Waals surface area (Å²) in [6.07, 6.45) is 1.34. The Morgan fingerprint density at radius 1 is 0.967 bits per heavy atom. The van der Waals surface area contributed by atoms with E-state index < -0.39 is 5.91 Å². The Labute approximate surface area is 184 Å². The molecule has 0 aliphatic carbocycles. The molecule has 2 rings (SSSR count). The first-order valence-corrected chi connectivity index (χ1v) is 9.50. The second kappa shape index (κ2) is 11.3. The molecule has 2 aromatic rings. The minimum absolute atomic E-state index is 0.0372. The van der Waals surface area contributed by atoms with Gasteiger partial charge in [-0.05, 0) is 30.3 Å². The predicted octanol–water partition coefficient (Wildman–Crippen LogP) is 3.89. The Balaban J connectivity index is 1.88. The van der Waals surface area contributed by atoms with Gasteiger partial charge in [0.25, 0.3) is 0 Å². The van der Waals surface area contributed by atoms with Crippen molar-refractivity contribution in [1.29, 1.82) is 0 Å². The van der Waals surface area contributed by atoms with Crippen LogP contribution in [-0.4, -0.2) is 39.4 Å². The molecule has 2 N–H and O–H groups in total. The summed E-state index contributed by atoms with van der Waals surface area (Å²) in [7, 11) is 4.51. The summed E-state index contributed by atoms with van der Waals surface area (Å²) in [4.78, 5) is 23.9. The number of nitrogens with one attached hydrogen (secondary N) is 2. The van der Waals surface area contributed by atoms with Crippen molar-refractivity contribution in [3.63, 3.8) is 0 Å². The van der Waals surface area contributed by atoms with Gasteiger partial charge in [-0.3, -0.25) is 9.59 Å². The lowest BCUT2D eigenvalue weighted by molar-refractivity contribution is -0.124. The van der Waals surface area contributed by atoms with Crippen molar-refractivity contribution in [3.05, 3.63) is 45.9 Å². The van der Waals surface area contributed by atoms with E-state index in [2.05, 4.69) is 15.8 Å². The number of rotatable bonds is 9. The quantitative estimate of drug-likeness (QED) is 0.443. The molecule has 0 bridgehead atoms. The van der Waals surface area contributed by atoms with Crippen LogP contribution in [0.15, 0.2) is 35.4 Å². The second-order valence-corrected chi connectivity index (χ2v) is 6.77. The summed E-state index contributed by atoms with van der Waals surface area (Å²) >= 11 is 11.8. The summed E-state index contributed by atoms with van der Waals surface area (Å²) < 4.78 is 15.8. The zero-order valence-corrected chi connectivity index (χ0v) is 18.1. The highest BCUT2D eigenvalue weighted by atomic mass is 35.5. The van der Waals surface area contributed by atoms with Crippen LogP contribution in [0.25, 0.3) is 0 Å². The Morgan fingerprint density at radius 3 is 2.17 bits per heavy atom. The fourth-order valence-corrected chi connectivity index (χ4v) is 2.90. The minimum atomic E-state index is -0.420. The van der Waals surface area contributed by atoms with Gasteiger partial charge in [0.15, 0.2) is 11.5 Å². The van der Waals surface area contributed by atoms with E-state index in [0.29, 0.717) is 38.5 Å². The third-order valence-electron chi connectivity index (χ3n) is 3.87. The van der Waals surface area contributed by atoms with E-state index in [4.69, 9.17) is 37.4 Å². The summed E-state index contributed by atoms with van der Waals surface area (Å²) in [5.74, 6) is 0.594. The molecule has 160 valence electrons. The zero-order valence-electron chi connectivity index (χ0n) is 16.6. The first-order chi connectivity index (χ1) is 14.4. The average molecular weight is 454 g/mol. The second-order valence-electron chi connectivity index (χ2n) is 5.92. The van der Waals surface area contributed by atoms with Crippen molar-refractivity contribution in [3.8, 4) is 17.2 Å². The molecule has 2 aromatic carbocycles. The number of nitrogens with zero attached hydrogens (tertiary/aromatic N) is 1. The Kier molecular flexibility index (Phi) is 8.76. The molecule has 0 atom stereocenters. The van der Waals surface area contributed by atoms with Crippen molar-refractivity contribution in [2.75, 3.05) is 26.6 Å². The van der Waals surface area contributed by atoms with E-state index in [1.165, 1.54) is 33.6 Å². The number of ether oxygens (including phenoxy) is 3. The number of carbonyl (C=O) groups excluding carboxylic acids is 2. The monoisotopic (exact) mass is 453 g/mol. The van der Waals surface area contributed by atoms with Crippen molar-refractivity contribution in [2.24, 2.45) is 5.10 Å². The number of hydrogen-bond acceptors (Lipinski definition) is 6. The molecule has 0 spiro atoms. The number of hydrogen-bond donors (Lipinski definition) is 2. The molecule has 0 saturated carbocycles. The largest absolute Gasteiger partial charge is 0.493 e. The van der Waals surface area contributed by atoms with Gasteiger partial charge in [-0.15, -0.1) is 0 Å². The number of halogens is 2. The van der Waals surface area contributed by atoms with Gasteiger partial charge in [-0.1, -0.05) is 23.2 Å². The van der Waals surface area contributed by atoms with Gasteiger partial charge in [0.1, 0.15) is 0 Å². The van der Waals surface area contributed by atoms with Crippen LogP contribution in [0.1, 0.15) is 18.4 Å². The molecule has 0 fully saturated rings. The fourth-order valence-electron chi connectivity index (χ4n) is 2.44. The molecule has 0 aliphatic rings. The topological polar surface area (TPSA) is 98.2 Å². The van der Waals surface area contributed by atoms with E-state index >= 15 is 0 Å². The normalized spacial score (nSPS) is 10.6. The molecule has 8 nitrogen and oxygen atoms in total. The maximum atomic E-state index is 12.0. The maximum absolute atomic E-state index is 12.0. The van der Waals surface area contributed by atoms with Crippen LogP contribution in [0.5, 0.6) is 17.2 Å².